The van der Waals surface area contributed by atoms with Crippen molar-refractivity contribution in [2.45, 2.75) is 39.2 Å². The summed E-state index contributed by atoms with van der Waals surface area (Å²) >= 11 is 5.45. The van der Waals surface area contributed by atoms with Crippen molar-refractivity contribution >= 4 is 34.8 Å². The quantitative estimate of drug-likeness (QED) is 0.601. The van der Waals surface area contributed by atoms with Gasteiger partial charge in [0, 0.05) is 25.3 Å². The Kier molecular flexibility index (Phi) is 3.83. The van der Waals surface area contributed by atoms with Gasteiger partial charge in [0.15, 0.2) is 10.5 Å². The molecule has 1 spiro atoms. The van der Waals surface area contributed by atoms with E-state index in [1.807, 2.05) is 32.0 Å². The molecule has 6 heteroatoms. The second-order valence-corrected chi connectivity index (χ2v) is 7.37. The molecule has 0 N–H and O–H groups in total. The van der Waals surface area contributed by atoms with Crippen LogP contribution in [0, 0.1) is 5.41 Å². The molecule has 1 atom stereocenters. The van der Waals surface area contributed by atoms with Gasteiger partial charge in [0.2, 0.25) is 11.8 Å². The van der Waals surface area contributed by atoms with Crippen molar-refractivity contribution in [3.8, 4) is 0 Å². The van der Waals surface area contributed by atoms with Gasteiger partial charge in [-0.05, 0) is 57.0 Å². The van der Waals surface area contributed by atoms with E-state index >= 15 is 0 Å². The summed E-state index contributed by atoms with van der Waals surface area (Å²) in [5.74, 6) is -0.220. The third-order valence-electron chi connectivity index (χ3n) is 5.94. The number of benzene rings is 1. The minimum atomic E-state index is -1.04. The number of nitrogens with zero attached hydrogens (tertiary/aromatic N) is 3. The highest BCUT2D eigenvalue weighted by atomic mass is 32.1. The minimum absolute atomic E-state index is 0.0754. The van der Waals surface area contributed by atoms with E-state index in [1.165, 1.54) is 5.69 Å². The first kappa shape index (κ1) is 16.5. The van der Waals surface area contributed by atoms with Crippen LogP contribution in [-0.2, 0) is 16.0 Å². The molecule has 0 aromatic heterocycles. The van der Waals surface area contributed by atoms with Crippen LogP contribution in [0.3, 0.4) is 0 Å². The lowest BCUT2D eigenvalue weighted by Crippen LogP contribution is -2.71. The van der Waals surface area contributed by atoms with E-state index in [0.717, 1.165) is 24.9 Å². The first-order valence-corrected chi connectivity index (χ1v) is 9.49. The Morgan fingerprint density at radius 2 is 1.76 bits per heavy atom. The number of hydrogen-bond acceptors (Lipinski definition) is 4. The first-order valence-electron chi connectivity index (χ1n) is 9.08. The lowest BCUT2D eigenvalue weighted by molar-refractivity contribution is -0.158. The van der Waals surface area contributed by atoms with Crippen LogP contribution >= 0.6 is 12.2 Å². The molecule has 0 aliphatic carbocycles. The summed E-state index contributed by atoms with van der Waals surface area (Å²) in [6.07, 6.45) is 2.34. The SMILES string of the molecule is CCN1C(=O)C2(Cc3ccccc3N3CCCC32)C(=O)N(CC)C1=S. The van der Waals surface area contributed by atoms with Gasteiger partial charge in [-0.2, -0.15) is 0 Å². The largest absolute Gasteiger partial charge is 0.367 e. The fourth-order valence-electron chi connectivity index (χ4n) is 4.81. The van der Waals surface area contributed by atoms with Gasteiger partial charge < -0.3 is 4.90 Å². The van der Waals surface area contributed by atoms with Gasteiger partial charge in [0.25, 0.3) is 0 Å². The molecule has 2 saturated heterocycles. The fraction of sp³-hybridized carbons (Fsp3) is 0.526. The van der Waals surface area contributed by atoms with E-state index in [2.05, 4.69) is 11.0 Å². The fourth-order valence-corrected chi connectivity index (χ4v) is 5.24. The number of amides is 2. The van der Waals surface area contributed by atoms with Gasteiger partial charge in [-0.1, -0.05) is 18.2 Å². The smallest absolute Gasteiger partial charge is 0.246 e. The van der Waals surface area contributed by atoms with E-state index in [0.29, 0.717) is 24.6 Å². The molecule has 0 bridgehead atoms. The molecule has 1 unspecified atom stereocenters. The highest BCUT2D eigenvalue weighted by Gasteiger charge is 2.63. The highest BCUT2D eigenvalue weighted by molar-refractivity contribution is 7.80. The topological polar surface area (TPSA) is 43.9 Å². The third-order valence-corrected chi connectivity index (χ3v) is 6.38. The maximum Gasteiger partial charge on any atom is 0.246 e. The lowest BCUT2D eigenvalue weighted by atomic mass is 9.68. The number of hydrogen-bond donors (Lipinski definition) is 0. The molecular formula is C19H23N3O2S. The van der Waals surface area contributed by atoms with Crippen LogP contribution in [0.5, 0.6) is 0 Å². The summed E-state index contributed by atoms with van der Waals surface area (Å²) in [5, 5.41) is 0.356. The van der Waals surface area contributed by atoms with Gasteiger partial charge in [-0.15, -0.1) is 0 Å². The van der Waals surface area contributed by atoms with Crippen molar-refractivity contribution in [2.24, 2.45) is 5.41 Å². The average Bonchev–Trinajstić information content (AvgIpc) is 3.11. The van der Waals surface area contributed by atoms with Gasteiger partial charge in [-0.3, -0.25) is 19.4 Å². The van der Waals surface area contributed by atoms with Crippen molar-refractivity contribution in [3.05, 3.63) is 29.8 Å². The van der Waals surface area contributed by atoms with E-state index in [9.17, 15) is 9.59 Å². The summed E-state index contributed by atoms with van der Waals surface area (Å²) in [6, 6.07) is 8.10. The van der Waals surface area contributed by atoms with Gasteiger partial charge in [0.1, 0.15) is 0 Å². The zero-order chi connectivity index (χ0) is 17.8. The zero-order valence-corrected chi connectivity index (χ0v) is 15.5. The monoisotopic (exact) mass is 357 g/mol. The molecule has 4 rings (SSSR count). The van der Waals surface area contributed by atoms with Crippen LogP contribution in [-0.4, -0.2) is 52.4 Å². The molecule has 0 saturated carbocycles. The Morgan fingerprint density at radius 3 is 2.40 bits per heavy atom. The van der Waals surface area contributed by atoms with E-state index in [-0.39, 0.29) is 17.9 Å². The molecule has 5 nitrogen and oxygen atoms in total. The second-order valence-electron chi connectivity index (χ2n) is 7.01. The number of carbonyl (C=O) groups is 2. The molecule has 2 fully saturated rings. The van der Waals surface area contributed by atoms with Crippen LogP contribution in [0.15, 0.2) is 24.3 Å². The van der Waals surface area contributed by atoms with Crippen molar-refractivity contribution in [3.63, 3.8) is 0 Å². The van der Waals surface area contributed by atoms with Crippen LogP contribution in [0.2, 0.25) is 0 Å². The van der Waals surface area contributed by atoms with E-state index in [4.69, 9.17) is 12.2 Å². The Hall–Kier alpha value is -1.95. The summed E-state index contributed by atoms with van der Waals surface area (Å²) in [7, 11) is 0. The van der Waals surface area contributed by atoms with Crippen LogP contribution in [0.25, 0.3) is 0 Å². The van der Waals surface area contributed by atoms with E-state index in [1.54, 1.807) is 9.80 Å². The Labute approximate surface area is 153 Å². The van der Waals surface area contributed by atoms with Crippen molar-refractivity contribution in [1.29, 1.82) is 0 Å². The Morgan fingerprint density at radius 1 is 1.12 bits per heavy atom. The molecule has 2 amide bonds. The molecular weight excluding hydrogens is 334 g/mol. The number of carbonyl (C=O) groups excluding carboxylic acids is 2. The van der Waals surface area contributed by atoms with Crippen LogP contribution < -0.4 is 4.90 Å². The number of rotatable bonds is 2. The summed E-state index contributed by atoms with van der Waals surface area (Å²) < 4.78 is 0. The number of para-hydroxylation sites is 1. The molecule has 3 aliphatic heterocycles. The number of anilines is 1. The first-order chi connectivity index (χ1) is 12.1. The molecule has 3 heterocycles. The molecule has 132 valence electrons. The Balaban J connectivity index is 1.91. The van der Waals surface area contributed by atoms with Crippen LogP contribution in [0.1, 0.15) is 32.3 Å². The normalized spacial score (nSPS) is 24.8. The molecule has 1 aromatic carbocycles. The average molecular weight is 357 g/mol. The number of fused-ring (bicyclic) bond motifs is 4. The summed E-state index contributed by atoms with van der Waals surface area (Å²) in [4.78, 5) is 32.6. The van der Waals surface area contributed by atoms with Crippen molar-refractivity contribution in [1.82, 2.24) is 9.80 Å². The van der Waals surface area contributed by atoms with Gasteiger partial charge in [0.05, 0.1) is 6.04 Å². The van der Waals surface area contributed by atoms with Crippen molar-refractivity contribution in [2.75, 3.05) is 24.5 Å². The Bertz CT molecular complexity index is 737. The molecule has 1 aromatic rings. The predicted molar refractivity (Wildman–Crippen MR) is 100 cm³/mol. The molecule has 3 aliphatic rings. The molecule has 25 heavy (non-hydrogen) atoms. The summed E-state index contributed by atoms with van der Waals surface area (Å²) in [5.41, 5.74) is 1.22. The standard InChI is InChI=1S/C19H23N3O2S/c1-3-20-16(23)19(17(24)21(4-2)18(20)25)12-13-8-5-6-9-14(13)22-11-7-10-15(19)22/h5-6,8-9,15H,3-4,7,10-12H2,1-2H3. The number of thiocarbonyl (C=S) groups is 1. The summed E-state index contributed by atoms with van der Waals surface area (Å²) in [6.45, 7) is 5.73. The maximum absolute atomic E-state index is 13.5. The van der Waals surface area contributed by atoms with E-state index < -0.39 is 5.41 Å². The minimum Gasteiger partial charge on any atom is -0.367 e. The van der Waals surface area contributed by atoms with Gasteiger partial charge in [-0.25, -0.2) is 0 Å². The van der Waals surface area contributed by atoms with Gasteiger partial charge >= 0.3 is 0 Å². The third kappa shape index (κ3) is 2.03. The second kappa shape index (κ2) is 5.80. The van der Waals surface area contributed by atoms with Crippen molar-refractivity contribution < 1.29 is 9.59 Å². The zero-order valence-electron chi connectivity index (χ0n) is 14.7. The highest BCUT2D eigenvalue weighted by Crippen LogP contribution is 2.49. The lowest BCUT2D eigenvalue weighted by Gasteiger charge is -2.52. The maximum atomic E-state index is 13.5. The molecule has 0 radical (unpaired) electrons. The van der Waals surface area contributed by atoms with Crippen LogP contribution in [0.4, 0.5) is 5.69 Å². The predicted octanol–water partition coefficient (Wildman–Crippen LogP) is 2.19.